The van der Waals surface area contributed by atoms with Crippen molar-refractivity contribution in [2.24, 2.45) is 5.84 Å². The highest BCUT2D eigenvalue weighted by Gasteiger charge is 2.16. The Labute approximate surface area is 116 Å². The van der Waals surface area contributed by atoms with Crippen molar-refractivity contribution in [3.05, 3.63) is 12.4 Å². The number of nitrogens with two attached hydrogens (primary N) is 1. The number of sulfonamides is 1. The molecule has 0 aliphatic heterocycles. The summed E-state index contributed by atoms with van der Waals surface area (Å²) >= 11 is 0. The van der Waals surface area contributed by atoms with Crippen LogP contribution in [0.1, 0.15) is 0 Å². The summed E-state index contributed by atoms with van der Waals surface area (Å²) in [5, 5.41) is 2.48. The molecule has 10 nitrogen and oxygen atoms in total. The Morgan fingerprint density at radius 1 is 1.40 bits per heavy atom. The van der Waals surface area contributed by atoms with Gasteiger partial charge in [-0.05, 0) is 0 Å². The summed E-state index contributed by atoms with van der Waals surface area (Å²) in [7, 11) is -2.35. The lowest BCUT2D eigenvalue weighted by atomic mass is 10.6. The Morgan fingerprint density at radius 2 is 2.05 bits per heavy atom. The van der Waals surface area contributed by atoms with Gasteiger partial charge in [-0.3, -0.25) is 10.2 Å². The second kappa shape index (κ2) is 7.69. The van der Waals surface area contributed by atoms with Gasteiger partial charge in [-0.2, -0.15) is 0 Å². The molecule has 0 fully saturated rings. The Balaban J connectivity index is 2.54. The lowest BCUT2D eigenvalue weighted by molar-refractivity contribution is -0.120. The van der Waals surface area contributed by atoms with E-state index in [0.717, 1.165) is 12.4 Å². The Hall–Kier alpha value is -1.82. The van der Waals surface area contributed by atoms with Gasteiger partial charge in [0.15, 0.2) is 0 Å². The number of hydrogen-bond acceptors (Lipinski definition) is 8. The number of amides is 1. The van der Waals surface area contributed by atoms with Crippen LogP contribution in [0.2, 0.25) is 0 Å². The van der Waals surface area contributed by atoms with Crippen molar-refractivity contribution in [1.82, 2.24) is 20.0 Å². The molecule has 0 aromatic carbocycles. The smallest absolute Gasteiger partial charge is 0.244 e. The number of hydrazine groups is 1. The topological polar surface area (TPSA) is 148 Å². The Kier molecular flexibility index (Phi) is 6.24. The van der Waals surface area contributed by atoms with Gasteiger partial charge in [0.05, 0.1) is 25.5 Å². The van der Waals surface area contributed by atoms with Crippen molar-refractivity contribution in [3.8, 4) is 0 Å². The van der Waals surface area contributed by atoms with Gasteiger partial charge in [0, 0.05) is 13.7 Å². The summed E-state index contributed by atoms with van der Waals surface area (Å²) in [5.41, 5.74) is 2.17. The predicted octanol–water partition coefficient (Wildman–Crippen LogP) is -2.20. The molecule has 0 bridgehead atoms. The van der Waals surface area contributed by atoms with Crippen LogP contribution in [0.5, 0.6) is 0 Å². The average Bonchev–Trinajstić information content (AvgIpc) is 2.45. The number of carbonyl (C=O) groups excluding carboxylic acids is 1. The molecule has 112 valence electrons. The van der Waals surface area contributed by atoms with Crippen molar-refractivity contribution in [1.29, 1.82) is 0 Å². The minimum Gasteiger partial charge on any atom is -0.383 e. The van der Waals surface area contributed by atoms with Crippen molar-refractivity contribution < 1.29 is 17.9 Å². The van der Waals surface area contributed by atoms with E-state index in [1.807, 2.05) is 0 Å². The van der Waals surface area contributed by atoms with Crippen molar-refractivity contribution >= 4 is 21.9 Å². The molecule has 1 aromatic rings. The van der Waals surface area contributed by atoms with Crippen LogP contribution in [-0.2, 0) is 19.6 Å². The standard InChI is InChI=1S/C9H16N6O4S/c1-19-3-2-11-8(16)6-14-20(17,18)7-4-12-9(15-10)13-5-7/h4-5,14H,2-3,6,10H2,1H3,(H,11,16)(H,12,13,15). The van der Waals surface area contributed by atoms with E-state index >= 15 is 0 Å². The fourth-order valence-electron chi connectivity index (χ4n) is 1.13. The fourth-order valence-corrected chi connectivity index (χ4v) is 2.00. The van der Waals surface area contributed by atoms with E-state index in [-0.39, 0.29) is 17.4 Å². The molecule has 0 radical (unpaired) electrons. The number of methoxy groups -OCH3 is 1. The number of nitrogens with one attached hydrogen (secondary N) is 3. The van der Waals surface area contributed by atoms with Gasteiger partial charge in [0.25, 0.3) is 0 Å². The molecule has 1 amide bonds. The second-order valence-corrected chi connectivity index (χ2v) is 5.32. The van der Waals surface area contributed by atoms with Crippen molar-refractivity contribution in [2.45, 2.75) is 4.90 Å². The van der Waals surface area contributed by atoms with E-state index in [4.69, 9.17) is 10.6 Å². The molecule has 0 saturated heterocycles. The van der Waals surface area contributed by atoms with Crippen LogP contribution in [0.15, 0.2) is 17.3 Å². The van der Waals surface area contributed by atoms with E-state index in [1.165, 1.54) is 7.11 Å². The molecule has 1 aromatic heterocycles. The first-order chi connectivity index (χ1) is 9.49. The normalized spacial score (nSPS) is 11.1. The molecule has 0 aliphatic carbocycles. The van der Waals surface area contributed by atoms with E-state index in [2.05, 4.69) is 25.4 Å². The molecule has 0 saturated carbocycles. The maximum Gasteiger partial charge on any atom is 0.244 e. The monoisotopic (exact) mass is 304 g/mol. The van der Waals surface area contributed by atoms with Gasteiger partial charge in [-0.15, -0.1) is 0 Å². The fraction of sp³-hybridized carbons (Fsp3) is 0.444. The van der Waals surface area contributed by atoms with Gasteiger partial charge < -0.3 is 10.1 Å². The SMILES string of the molecule is COCCNC(=O)CNS(=O)(=O)c1cnc(NN)nc1. The molecule has 0 aliphatic rings. The van der Waals surface area contributed by atoms with Gasteiger partial charge >= 0.3 is 0 Å². The first-order valence-corrected chi connectivity index (χ1v) is 7.02. The quantitative estimate of drug-likeness (QED) is 0.240. The van der Waals surface area contributed by atoms with E-state index in [0.29, 0.717) is 13.2 Å². The molecule has 5 N–H and O–H groups in total. The number of ether oxygens (including phenoxy) is 1. The summed E-state index contributed by atoms with van der Waals surface area (Å²) < 4.78 is 30.5. The van der Waals surface area contributed by atoms with Gasteiger partial charge in [-0.1, -0.05) is 0 Å². The number of anilines is 1. The number of rotatable bonds is 8. The zero-order valence-electron chi connectivity index (χ0n) is 10.8. The third-order valence-corrected chi connectivity index (χ3v) is 3.47. The predicted molar refractivity (Wildman–Crippen MR) is 69.9 cm³/mol. The maximum atomic E-state index is 11.8. The molecule has 0 unspecified atom stereocenters. The number of hydrogen-bond donors (Lipinski definition) is 4. The molecule has 1 rings (SSSR count). The molecule has 11 heteroatoms. The van der Waals surface area contributed by atoms with E-state index in [9.17, 15) is 13.2 Å². The zero-order chi connectivity index (χ0) is 15.0. The average molecular weight is 304 g/mol. The summed E-state index contributed by atoms with van der Waals surface area (Å²) in [5.74, 6) is 4.68. The maximum absolute atomic E-state index is 11.8. The number of carbonyl (C=O) groups is 1. The molecular formula is C9H16N6O4S. The Bertz CT molecular complexity index is 532. The minimum atomic E-state index is -3.85. The summed E-state index contributed by atoms with van der Waals surface area (Å²) in [6.45, 7) is 0.264. The van der Waals surface area contributed by atoms with Crippen LogP contribution in [-0.4, -0.2) is 51.1 Å². The summed E-state index contributed by atoms with van der Waals surface area (Å²) in [6.07, 6.45) is 2.15. The largest absolute Gasteiger partial charge is 0.383 e. The third-order valence-electron chi connectivity index (χ3n) is 2.12. The first-order valence-electron chi connectivity index (χ1n) is 5.53. The van der Waals surface area contributed by atoms with Crippen molar-refractivity contribution in [3.63, 3.8) is 0 Å². The molecule has 0 spiro atoms. The van der Waals surface area contributed by atoms with E-state index in [1.54, 1.807) is 0 Å². The minimum absolute atomic E-state index is 0.0845. The summed E-state index contributed by atoms with van der Waals surface area (Å²) in [6, 6.07) is 0. The Morgan fingerprint density at radius 3 is 2.60 bits per heavy atom. The van der Waals surface area contributed by atoms with Crippen LogP contribution in [0.25, 0.3) is 0 Å². The lowest BCUT2D eigenvalue weighted by Gasteiger charge is -2.07. The molecular weight excluding hydrogens is 288 g/mol. The van der Waals surface area contributed by atoms with Gasteiger partial charge in [0.1, 0.15) is 4.90 Å². The molecule has 20 heavy (non-hydrogen) atoms. The first kappa shape index (κ1) is 16.2. The van der Waals surface area contributed by atoms with Gasteiger partial charge in [-0.25, -0.2) is 29.0 Å². The van der Waals surface area contributed by atoms with Crippen LogP contribution in [0.3, 0.4) is 0 Å². The van der Waals surface area contributed by atoms with Crippen molar-refractivity contribution in [2.75, 3.05) is 32.2 Å². The number of nitrogens with zero attached hydrogens (tertiary/aromatic N) is 2. The van der Waals surface area contributed by atoms with Crippen LogP contribution >= 0.6 is 0 Å². The van der Waals surface area contributed by atoms with Crippen LogP contribution in [0, 0.1) is 0 Å². The zero-order valence-corrected chi connectivity index (χ0v) is 11.6. The van der Waals surface area contributed by atoms with Crippen LogP contribution in [0.4, 0.5) is 5.95 Å². The summed E-state index contributed by atoms with van der Waals surface area (Å²) in [4.78, 5) is 18.5. The molecule has 1 heterocycles. The number of nitrogen functional groups attached to an aromatic ring is 1. The highest BCUT2D eigenvalue weighted by Crippen LogP contribution is 2.06. The highest BCUT2D eigenvalue weighted by molar-refractivity contribution is 7.89. The number of aromatic nitrogens is 2. The van der Waals surface area contributed by atoms with Gasteiger partial charge in [0.2, 0.25) is 21.9 Å². The third kappa shape index (κ3) is 5.05. The highest BCUT2D eigenvalue weighted by atomic mass is 32.2. The van der Waals surface area contributed by atoms with Crippen LogP contribution < -0.4 is 21.3 Å². The molecule has 0 atom stereocenters. The van der Waals surface area contributed by atoms with E-state index < -0.39 is 15.9 Å². The lowest BCUT2D eigenvalue weighted by Crippen LogP contribution is -2.38. The second-order valence-electron chi connectivity index (χ2n) is 3.55.